The predicted octanol–water partition coefficient (Wildman–Crippen LogP) is 1.95. The fourth-order valence-corrected chi connectivity index (χ4v) is 2.59. The van der Waals surface area contributed by atoms with Crippen molar-refractivity contribution in [3.8, 4) is 0 Å². The Bertz CT molecular complexity index is 652. The topological polar surface area (TPSA) is 69.2 Å². The van der Waals surface area contributed by atoms with Gasteiger partial charge >= 0.3 is 0 Å². The monoisotopic (exact) mass is 267 g/mol. The Morgan fingerprint density at radius 2 is 1.90 bits per heavy atom. The van der Waals surface area contributed by atoms with Gasteiger partial charge in [-0.3, -0.25) is 10.4 Å². The molecular weight excluding hydrogens is 250 g/mol. The summed E-state index contributed by atoms with van der Waals surface area (Å²) in [6, 6.07) is 10.0. The second-order valence-electron chi connectivity index (χ2n) is 4.87. The van der Waals surface area contributed by atoms with E-state index in [4.69, 9.17) is 11.1 Å². The molecule has 3 N–H and O–H groups in total. The number of hydrogen-bond donors (Lipinski definition) is 2. The lowest BCUT2D eigenvalue weighted by Crippen LogP contribution is -2.37. The van der Waals surface area contributed by atoms with E-state index in [1.807, 2.05) is 12.1 Å². The number of nitrogens with one attached hydrogen (secondary N) is 1. The van der Waals surface area contributed by atoms with Gasteiger partial charge in [0.05, 0.1) is 23.3 Å². The highest BCUT2D eigenvalue weighted by Crippen LogP contribution is 2.37. The number of pyridine rings is 1. The van der Waals surface area contributed by atoms with E-state index >= 15 is 0 Å². The second-order valence-corrected chi connectivity index (χ2v) is 4.87. The van der Waals surface area contributed by atoms with E-state index in [1.54, 1.807) is 18.5 Å². The van der Waals surface area contributed by atoms with Crippen molar-refractivity contribution >= 4 is 22.9 Å². The molecule has 0 aliphatic carbocycles. The zero-order valence-electron chi connectivity index (χ0n) is 11.4. The van der Waals surface area contributed by atoms with Gasteiger partial charge in [0.2, 0.25) is 0 Å². The molecule has 2 heterocycles. The molecule has 1 aliphatic rings. The number of para-hydroxylation sites is 2. The zero-order valence-corrected chi connectivity index (χ0v) is 11.4. The summed E-state index contributed by atoms with van der Waals surface area (Å²) in [5.41, 5.74) is 9.60. The molecule has 5 heteroatoms. The van der Waals surface area contributed by atoms with Crippen LogP contribution in [0.1, 0.15) is 5.56 Å². The minimum atomic E-state index is 0.0683. The third-order valence-corrected chi connectivity index (χ3v) is 3.62. The van der Waals surface area contributed by atoms with Gasteiger partial charge in [0.1, 0.15) is 5.84 Å². The van der Waals surface area contributed by atoms with Crippen molar-refractivity contribution in [2.24, 2.45) is 5.73 Å². The highest BCUT2D eigenvalue weighted by atomic mass is 15.3. The van der Waals surface area contributed by atoms with Gasteiger partial charge in [0, 0.05) is 31.9 Å². The number of aromatic nitrogens is 1. The molecule has 0 radical (unpaired) electrons. The molecule has 20 heavy (non-hydrogen) atoms. The lowest BCUT2D eigenvalue weighted by atomic mass is 10.1. The molecule has 102 valence electrons. The van der Waals surface area contributed by atoms with Crippen molar-refractivity contribution < 1.29 is 0 Å². The van der Waals surface area contributed by atoms with Crippen LogP contribution in [0, 0.1) is 5.41 Å². The summed E-state index contributed by atoms with van der Waals surface area (Å²) in [7, 11) is 2.09. The van der Waals surface area contributed by atoms with Gasteiger partial charge in [-0.25, -0.2) is 0 Å². The Hall–Kier alpha value is -2.56. The molecule has 1 aromatic carbocycles. The van der Waals surface area contributed by atoms with Crippen molar-refractivity contribution in [3.05, 3.63) is 48.3 Å². The molecular formula is C15H17N5. The van der Waals surface area contributed by atoms with Crippen LogP contribution in [-0.4, -0.2) is 31.0 Å². The Balaban J connectivity index is 2.13. The number of nitrogens with two attached hydrogens (primary N) is 1. The first-order valence-electron chi connectivity index (χ1n) is 6.54. The summed E-state index contributed by atoms with van der Waals surface area (Å²) >= 11 is 0. The van der Waals surface area contributed by atoms with Crippen LogP contribution in [0.15, 0.2) is 42.7 Å². The molecule has 2 aromatic rings. The van der Waals surface area contributed by atoms with E-state index in [9.17, 15) is 0 Å². The second kappa shape index (κ2) is 4.85. The van der Waals surface area contributed by atoms with E-state index in [2.05, 4.69) is 34.0 Å². The van der Waals surface area contributed by atoms with Gasteiger partial charge in [-0.2, -0.15) is 0 Å². The number of likely N-dealkylation sites (N-methyl/N-ethyl adjacent to an activating group) is 1. The molecule has 0 amide bonds. The highest BCUT2D eigenvalue weighted by molar-refractivity contribution is 6.01. The number of hydrogen-bond acceptors (Lipinski definition) is 4. The third-order valence-electron chi connectivity index (χ3n) is 3.62. The standard InChI is InChI=1S/C15H17N5/c1-19-8-9-20(13-5-3-2-4-12(13)19)14-10-18-7-6-11(14)15(16)17/h2-7,10H,8-9H2,1H3,(H3,16,17). The van der Waals surface area contributed by atoms with Crippen molar-refractivity contribution in [1.82, 2.24) is 4.98 Å². The van der Waals surface area contributed by atoms with Crippen molar-refractivity contribution in [3.63, 3.8) is 0 Å². The van der Waals surface area contributed by atoms with Gasteiger partial charge in [-0.1, -0.05) is 12.1 Å². The molecule has 0 atom stereocenters. The largest absolute Gasteiger partial charge is 0.384 e. The summed E-state index contributed by atoms with van der Waals surface area (Å²) in [6.07, 6.45) is 3.45. The quantitative estimate of drug-likeness (QED) is 0.644. The maximum Gasteiger partial charge on any atom is 0.125 e. The van der Waals surface area contributed by atoms with Crippen LogP contribution < -0.4 is 15.5 Å². The third kappa shape index (κ3) is 1.97. The molecule has 0 saturated carbocycles. The number of amidine groups is 1. The number of rotatable bonds is 2. The van der Waals surface area contributed by atoms with Crippen LogP contribution in [0.5, 0.6) is 0 Å². The maximum absolute atomic E-state index is 7.73. The molecule has 1 aromatic heterocycles. The van der Waals surface area contributed by atoms with Crippen LogP contribution in [0.2, 0.25) is 0 Å². The Morgan fingerprint density at radius 3 is 2.65 bits per heavy atom. The number of nitrogens with zero attached hydrogens (tertiary/aromatic N) is 3. The van der Waals surface area contributed by atoms with E-state index < -0.39 is 0 Å². The van der Waals surface area contributed by atoms with Gasteiger partial charge < -0.3 is 15.5 Å². The first kappa shape index (κ1) is 12.5. The summed E-state index contributed by atoms with van der Waals surface area (Å²) in [6.45, 7) is 1.77. The van der Waals surface area contributed by atoms with Gasteiger partial charge in [-0.05, 0) is 18.2 Å². The fourth-order valence-electron chi connectivity index (χ4n) is 2.59. The summed E-state index contributed by atoms with van der Waals surface area (Å²) in [4.78, 5) is 8.60. The Morgan fingerprint density at radius 1 is 1.15 bits per heavy atom. The van der Waals surface area contributed by atoms with Crippen LogP contribution >= 0.6 is 0 Å². The van der Waals surface area contributed by atoms with E-state index in [1.165, 1.54) is 5.69 Å². The Labute approximate surface area is 118 Å². The maximum atomic E-state index is 7.73. The predicted molar refractivity (Wildman–Crippen MR) is 82.0 cm³/mol. The van der Waals surface area contributed by atoms with Gasteiger partial charge in [-0.15, -0.1) is 0 Å². The van der Waals surface area contributed by atoms with Crippen molar-refractivity contribution in [1.29, 1.82) is 5.41 Å². The minimum absolute atomic E-state index is 0.0683. The SMILES string of the molecule is CN1CCN(c2cnccc2C(=N)N)c2ccccc21. The molecule has 0 saturated heterocycles. The van der Waals surface area contributed by atoms with Gasteiger partial charge in [0.15, 0.2) is 0 Å². The number of benzene rings is 1. The van der Waals surface area contributed by atoms with Crippen LogP contribution in [0.4, 0.5) is 17.1 Å². The smallest absolute Gasteiger partial charge is 0.125 e. The lowest BCUT2D eigenvalue weighted by molar-refractivity contribution is 0.820. The van der Waals surface area contributed by atoms with E-state index in [0.29, 0.717) is 0 Å². The van der Waals surface area contributed by atoms with Crippen LogP contribution in [0.25, 0.3) is 0 Å². The molecule has 0 spiro atoms. The number of fused-ring (bicyclic) bond motifs is 1. The van der Waals surface area contributed by atoms with Gasteiger partial charge in [0.25, 0.3) is 0 Å². The molecule has 0 unspecified atom stereocenters. The molecule has 1 aliphatic heterocycles. The number of anilines is 3. The summed E-state index contributed by atoms with van der Waals surface area (Å²) < 4.78 is 0. The molecule has 3 rings (SSSR count). The fraction of sp³-hybridized carbons (Fsp3) is 0.200. The van der Waals surface area contributed by atoms with Crippen molar-refractivity contribution in [2.75, 3.05) is 29.9 Å². The molecule has 0 fully saturated rings. The zero-order chi connectivity index (χ0) is 14.1. The normalized spacial score (nSPS) is 14.1. The molecule has 5 nitrogen and oxygen atoms in total. The van der Waals surface area contributed by atoms with E-state index in [0.717, 1.165) is 30.0 Å². The summed E-state index contributed by atoms with van der Waals surface area (Å²) in [5.74, 6) is 0.0683. The van der Waals surface area contributed by atoms with Crippen LogP contribution in [0.3, 0.4) is 0 Å². The van der Waals surface area contributed by atoms with Crippen molar-refractivity contribution in [2.45, 2.75) is 0 Å². The first-order valence-corrected chi connectivity index (χ1v) is 6.54. The average molecular weight is 267 g/mol. The number of nitrogen functional groups attached to an aromatic ring is 1. The summed E-state index contributed by atoms with van der Waals surface area (Å²) in [5, 5.41) is 7.73. The lowest BCUT2D eigenvalue weighted by Gasteiger charge is -2.37. The first-order chi connectivity index (χ1) is 9.68. The average Bonchev–Trinajstić information content (AvgIpc) is 2.48. The minimum Gasteiger partial charge on any atom is -0.384 e. The van der Waals surface area contributed by atoms with Crippen LogP contribution in [-0.2, 0) is 0 Å². The molecule has 0 bridgehead atoms. The highest BCUT2D eigenvalue weighted by Gasteiger charge is 2.23. The van der Waals surface area contributed by atoms with E-state index in [-0.39, 0.29) is 5.84 Å². The Kier molecular flexibility index (Phi) is 3.02.